The molecular weight excluding hydrogens is 400 g/mol. The fourth-order valence-corrected chi connectivity index (χ4v) is 6.17. The SMILES string of the molecule is C1=CCCC(c2c3ccccc3c(C3=CC=CC4C5=C(C=CCC5)OC34)c3ccccc23)=C1. The zero-order chi connectivity index (χ0) is 21.8. The first-order valence-corrected chi connectivity index (χ1v) is 12.1. The molecule has 2 atom stereocenters. The van der Waals surface area contributed by atoms with E-state index in [1.165, 1.54) is 49.4 Å². The Morgan fingerprint density at radius 3 is 2.09 bits per heavy atom. The van der Waals surface area contributed by atoms with Gasteiger partial charge in [-0.2, -0.15) is 0 Å². The van der Waals surface area contributed by atoms with Crippen LogP contribution in [0, 0.1) is 5.92 Å². The maximum Gasteiger partial charge on any atom is 0.134 e. The summed E-state index contributed by atoms with van der Waals surface area (Å²) in [4.78, 5) is 0. The summed E-state index contributed by atoms with van der Waals surface area (Å²) in [6, 6.07) is 17.9. The van der Waals surface area contributed by atoms with E-state index in [-0.39, 0.29) is 6.10 Å². The fourth-order valence-electron chi connectivity index (χ4n) is 6.17. The number of hydrogen-bond donors (Lipinski definition) is 0. The molecule has 7 rings (SSSR count). The normalized spacial score (nSPS) is 23.4. The maximum absolute atomic E-state index is 6.63. The minimum Gasteiger partial charge on any atom is -0.485 e. The van der Waals surface area contributed by atoms with Gasteiger partial charge in [-0.15, -0.1) is 0 Å². The van der Waals surface area contributed by atoms with Crippen LogP contribution in [0.2, 0.25) is 0 Å². The molecular formula is C32H26O. The average molecular weight is 427 g/mol. The summed E-state index contributed by atoms with van der Waals surface area (Å²) in [7, 11) is 0. The van der Waals surface area contributed by atoms with Gasteiger partial charge in [-0.25, -0.2) is 0 Å². The number of rotatable bonds is 2. The molecule has 0 aromatic heterocycles. The van der Waals surface area contributed by atoms with E-state index >= 15 is 0 Å². The van der Waals surface area contributed by atoms with Crippen molar-refractivity contribution in [2.24, 2.45) is 5.92 Å². The van der Waals surface area contributed by atoms with Gasteiger partial charge in [0.2, 0.25) is 0 Å². The van der Waals surface area contributed by atoms with Crippen molar-refractivity contribution in [2.45, 2.75) is 31.8 Å². The highest BCUT2D eigenvalue weighted by molar-refractivity contribution is 6.16. The highest BCUT2D eigenvalue weighted by Gasteiger charge is 2.39. The molecule has 0 saturated carbocycles. The Bertz CT molecular complexity index is 1430. The van der Waals surface area contributed by atoms with Crippen molar-refractivity contribution >= 4 is 32.7 Å². The molecule has 1 heterocycles. The van der Waals surface area contributed by atoms with E-state index in [0.717, 1.165) is 31.4 Å². The number of allylic oxidation sites excluding steroid dienone is 8. The fraction of sp³-hybridized carbons (Fsp3) is 0.188. The molecule has 1 heteroatoms. The van der Waals surface area contributed by atoms with Crippen LogP contribution in [-0.2, 0) is 4.74 Å². The minimum atomic E-state index is 0.0530. The van der Waals surface area contributed by atoms with Crippen molar-refractivity contribution in [3.05, 3.63) is 120 Å². The zero-order valence-electron chi connectivity index (χ0n) is 18.6. The molecule has 0 spiro atoms. The van der Waals surface area contributed by atoms with E-state index in [0.29, 0.717) is 5.92 Å². The number of ether oxygens (including phenoxy) is 1. The van der Waals surface area contributed by atoms with Gasteiger partial charge >= 0.3 is 0 Å². The van der Waals surface area contributed by atoms with Crippen molar-refractivity contribution < 1.29 is 4.74 Å². The third-order valence-corrected chi connectivity index (χ3v) is 7.60. The van der Waals surface area contributed by atoms with Crippen LogP contribution in [0.4, 0.5) is 0 Å². The van der Waals surface area contributed by atoms with Gasteiger partial charge in [0, 0.05) is 11.5 Å². The second-order valence-corrected chi connectivity index (χ2v) is 9.40. The van der Waals surface area contributed by atoms with Crippen molar-refractivity contribution in [3.8, 4) is 0 Å². The van der Waals surface area contributed by atoms with Crippen LogP contribution in [0.15, 0.2) is 108 Å². The molecule has 0 radical (unpaired) electrons. The molecule has 1 aliphatic heterocycles. The zero-order valence-corrected chi connectivity index (χ0v) is 18.6. The molecule has 4 aliphatic rings. The molecule has 0 N–H and O–H groups in total. The third-order valence-electron chi connectivity index (χ3n) is 7.60. The Morgan fingerprint density at radius 1 is 0.697 bits per heavy atom. The molecule has 2 unspecified atom stereocenters. The molecule has 3 aliphatic carbocycles. The van der Waals surface area contributed by atoms with E-state index in [1.807, 2.05) is 0 Å². The third kappa shape index (κ3) is 2.85. The van der Waals surface area contributed by atoms with Gasteiger partial charge in [0.05, 0.1) is 0 Å². The van der Waals surface area contributed by atoms with Crippen molar-refractivity contribution in [3.63, 3.8) is 0 Å². The first-order valence-electron chi connectivity index (χ1n) is 12.1. The molecule has 0 bridgehead atoms. The summed E-state index contributed by atoms with van der Waals surface area (Å²) in [5.41, 5.74) is 6.94. The smallest absolute Gasteiger partial charge is 0.134 e. The van der Waals surface area contributed by atoms with Gasteiger partial charge in [-0.3, -0.25) is 0 Å². The Hall–Kier alpha value is -3.58. The molecule has 33 heavy (non-hydrogen) atoms. The van der Waals surface area contributed by atoms with Crippen molar-refractivity contribution in [2.75, 3.05) is 0 Å². The quantitative estimate of drug-likeness (QED) is 0.374. The number of fused-ring (bicyclic) bond motifs is 4. The van der Waals surface area contributed by atoms with Crippen molar-refractivity contribution in [1.82, 2.24) is 0 Å². The van der Waals surface area contributed by atoms with E-state index < -0.39 is 0 Å². The van der Waals surface area contributed by atoms with Gasteiger partial charge in [0.1, 0.15) is 11.9 Å². The van der Waals surface area contributed by atoms with E-state index in [1.54, 1.807) is 0 Å². The van der Waals surface area contributed by atoms with Gasteiger partial charge in [-0.1, -0.05) is 91.1 Å². The summed E-state index contributed by atoms with van der Waals surface area (Å²) in [5.74, 6) is 1.44. The van der Waals surface area contributed by atoms with Gasteiger partial charge in [0.25, 0.3) is 0 Å². The molecule has 3 aromatic rings. The second-order valence-electron chi connectivity index (χ2n) is 9.40. The highest BCUT2D eigenvalue weighted by Crippen LogP contribution is 2.49. The Labute approximate surface area is 194 Å². The predicted molar refractivity (Wildman–Crippen MR) is 139 cm³/mol. The molecule has 160 valence electrons. The van der Waals surface area contributed by atoms with E-state index in [4.69, 9.17) is 4.74 Å². The second kappa shape index (κ2) is 7.49. The van der Waals surface area contributed by atoms with Crippen LogP contribution in [0.25, 0.3) is 32.7 Å². The average Bonchev–Trinajstić information content (AvgIpc) is 3.27. The van der Waals surface area contributed by atoms with Crippen LogP contribution in [0.5, 0.6) is 0 Å². The first-order chi connectivity index (χ1) is 16.4. The van der Waals surface area contributed by atoms with Crippen molar-refractivity contribution in [1.29, 1.82) is 0 Å². The molecule has 3 aromatic carbocycles. The first kappa shape index (κ1) is 18.9. The summed E-state index contributed by atoms with van der Waals surface area (Å²) in [6.07, 6.45) is 22.6. The highest BCUT2D eigenvalue weighted by atomic mass is 16.5. The summed E-state index contributed by atoms with van der Waals surface area (Å²) < 4.78 is 6.63. The van der Waals surface area contributed by atoms with Gasteiger partial charge < -0.3 is 4.74 Å². The standard InChI is InChI=1S/C32H26O/c1-2-11-21(12-3-1)30-23-14-4-6-16-25(23)31(26-17-7-5-15-24(26)30)28-19-10-18-27-22-13-8-9-20-29(22)33-32(27)28/h1-2,4-7,9-11,14-20,27,32H,3,8,12-13H2. The van der Waals surface area contributed by atoms with Crippen LogP contribution < -0.4 is 0 Å². The van der Waals surface area contributed by atoms with Gasteiger partial charge in [-0.05, 0) is 75.6 Å². The maximum atomic E-state index is 6.63. The Balaban J connectivity index is 1.50. The number of benzene rings is 3. The molecule has 0 fully saturated rings. The number of hydrogen-bond acceptors (Lipinski definition) is 1. The summed E-state index contributed by atoms with van der Waals surface area (Å²) in [6.45, 7) is 0. The summed E-state index contributed by atoms with van der Waals surface area (Å²) in [5, 5.41) is 5.34. The van der Waals surface area contributed by atoms with Gasteiger partial charge in [0.15, 0.2) is 0 Å². The van der Waals surface area contributed by atoms with E-state index in [9.17, 15) is 0 Å². The Kier molecular flexibility index (Phi) is 4.30. The van der Waals surface area contributed by atoms with Crippen LogP contribution in [-0.4, -0.2) is 6.10 Å². The minimum absolute atomic E-state index is 0.0530. The largest absolute Gasteiger partial charge is 0.485 e. The molecule has 0 saturated heterocycles. The van der Waals surface area contributed by atoms with Crippen LogP contribution in [0.1, 0.15) is 36.8 Å². The Morgan fingerprint density at radius 2 is 1.39 bits per heavy atom. The van der Waals surface area contributed by atoms with E-state index in [2.05, 4.69) is 97.1 Å². The lowest BCUT2D eigenvalue weighted by atomic mass is 9.78. The molecule has 0 amide bonds. The lowest BCUT2D eigenvalue weighted by molar-refractivity contribution is 0.182. The predicted octanol–water partition coefficient (Wildman–Crippen LogP) is 8.30. The topological polar surface area (TPSA) is 9.23 Å². The monoisotopic (exact) mass is 426 g/mol. The van der Waals surface area contributed by atoms with Crippen LogP contribution >= 0.6 is 0 Å². The lowest BCUT2D eigenvalue weighted by Gasteiger charge is -2.27. The summed E-state index contributed by atoms with van der Waals surface area (Å²) >= 11 is 0. The lowest BCUT2D eigenvalue weighted by Crippen LogP contribution is -2.21. The van der Waals surface area contributed by atoms with Crippen LogP contribution in [0.3, 0.4) is 0 Å². The molecule has 1 nitrogen and oxygen atoms in total.